The summed E-state index contributed by atoms with van der Waals surface area (Å²) in [4.78, 5) is 48.5. The number of aliphatic hydroxyl groups excluding tert-OH is 1. The summed E-state index contributed by atoms with van der Waals surface area (Å²) < 4.78 is 1.55. The van der Waals surface area contributed by atoms with Gasteiger partial charge in [0, 0.05) is 25.7 Å². The van der Waals surface area contributed by atoms with E-state index in [-0.39, 0.29) is 42.7 Å². The van der Waals surface area contributed by atoms with Crippen LogP contribution in [0.15, 0.2) is 36.0 Å². The standard InChI is InChI=1S/C32H43N7O5S/c1-19(2)28(39-16-20(3)35-36-39)31(42)38-17-25(40)15-27(38)30(41)34-26(11-14-37-12-9-24(10-13-37)32(43)44)22-5-7-23(8-6-22)29-21(4)33-18-45-29/h5-8,16,18-19,24-28,40H,9-15,17H2,1-4H3,(H,34,41)(H,43,44)/t25-,26+,27+,28+/m1/s1. The van der Waals surface area contributed by atoms with Crippen LogP contribution in [0.4, 0.5) is 0 Å². The maximum atomic E-state index is 14.0. The summed E-state index contributed by atoms with van der Waals surface area (Å²) in [7, 11) is 0. The van der Waals surface area contributed by atoms with Crippen LogP contribution in [0.2, 0.25) is 0 Å². The fourth-order valence-corrected chi connectivity index (χ4v) is 7.24. The Morgan fingerprint density at radius 3 is 2.40 bits per heavy atom. The molecule has 5 rings (SSSR count). The van der Waals surface area contributed by atoms with Crippen molar-refractivity contribution in [3.63, 3.8) is 0 Å². The second-order valence-corrected chi connectivity index (χ2v) is 13.5. The van der Waals surface area contributed by atoms with Crippen molar-refractivity contribution in [2.75, 3.05) is 26.2 Å². The van der Waals surface area contributed by atoms with E-state index in [9.17, 15) is 24.6 Å². The number of thiazole rings is 1. The molecule has 2 saturated heterocycles. The van der Waals surface area contributed by atoms with E-state index in [4.69, 9.17) is 0 Å². The molecule has 2 aliphatic rings. The number of amides is 2. The monoisotopic (exact) mass is 637 g/mol. The minimum absolute atomic E-state index is 0.0694. The number of carboxylic acid groups (broad SMARTS) is 1. The predicted molar refractivity (Wildman–Crippen MR) is 169 cm³/mol. The third-order valence-corrected chi connectivity index (χ3v) is 9.94. The van der Waals surface area contributed by atoms with Crippen molar-refractivity contribution in [3.05, 3.63) is 52.9 Å². The molecule has 0 aliphatic carbocycles. The normalized spacial score (nSPS) is 20.8. The third-order valence-electron chi connectivity index (χ3n) is 8.97. The number of rotatable bonds is 11. The molecule has 2 amide bonds. The van der Waals surface area contributed by atoms with Crippen molar-refractivity contribution in [1.29, 1.82) is 0 Å². The molecule has 3 N–H and O–H groups in total. The van der Waals surface area contributed by atoms with Crippen molar-refractivity contribution < 1.29 is 24.6 Å². The second kappa shape index (κ2) is 14.2. The highest BCUT2D eigenvalue weighted by molar-refractivity contribution is 7.13. The average Bonchev–Trinajstić information content (AvgIpc) is 3.75. The highest BCUT2D eigenvalue weighted by atomic mass is 32.1. The van der Waals surface area contributed by atoms with Gasteiger partial charge in [0.1, 0.15) is 12.1 Å². The van der Waals surface area contributed by atoms with Crippen molar-refractivity contribution in [2.45, 2.75) is 77.6 Å². The summed E-state index contributed by atoms with van der Waals surface area (Å²) in [6.45, 7) is 9.77. The second-order valence-electron chi connectivity index (χ2n) is 12.6. The van der Waals surface area contributed by atoms with Gasteiger partial charge in [0.15, 0.2) is 0 Å². The first-order valence-electron chi connectivity index (χ1n) is 15.6. The molecule has 242 valence electrons. The van der Waals surface area contributed by atoms with E-state index in [1.165, 1.54) is 4.90 Å². The number of hydrogen-bond donors (Lipinski definition) is 3. The Kier molecular flexibility index (Phi) is 10.3. The zero-order valence-corrected chi connectivity index (χ0v) is 27.1. The summed E-state index contributed by atoms with van der Waals surface area (Å²) >= 11 is 1.58. The maximum absolute atomic E-state index is 14.0. The highest BCUT2D eigenvalue weighted by Crippen LogP contribution is 2.31. The number of carbonyl (C=O) groups excluding carboxylic acids is 2. The molecule has 0 spiro atoms. The minimum atomic E-state index is -0.828. The Bertz CT molecular complexity index is 1480. The largest absolute Gasteiger partial charge is 0.481 e. The number of carbonyl (C=O) groups is 3. The lowest BCUT2D eigenvalue weighted by molar-refractivity contribution is -0.143. The Morgan fingerprint density at radius 2 is 1.82 bits per heavy atom. The van der Waals surface area contributed by atoms with Crippen LogP contribution in [0.5, 0.6) is 0 Å². The maximum Gasteiger partial charge on any atom is 0.306 e. The van der Waals surface area contributed by atoms with Gasteiger partial charge in [-0.05, 0) is 63.2 Å². The fraction of sp³-hybridized carbons (Fsp3) is 0.562. The molecule has 3 aromatic rings. The van der Waals surface area contributed by atoms with Crippen molar-refractivity contribution in [2.24, 2.45) is 11.8 Å². The Morgan fingerprint density at radius 1 is 1.11 bits per heavy atom. The highest BCUT2D eigenvalue weighted by Gasteiger charge is 2.43. The van der Waals surface area contributed by atoms with E-state index in [0.717, 1.165) is 21.7 Å². The molecular formula is C32H43N7O5S. The number of nitrogens with one attached hydrogen (secondary N) is 1. The number of likely N-dealkylation sites (tertiary alicyclic amines) is 2. The van der Waals surface area contributed by atoms with E-state index in [0.29, 0.717) is 44.6 Å². The molecule has 2 aliphatic heterocycles. The number of piperidine rings is 1. The van der Waals surface area contributed by atoms with Gasteiger partial charge in [-0.15, -0.1) is 16.4 Å². The molecule has 0 saturated carbocycles. The van der Waals surface area contributed by atoms with Gasteiger partial charge in [-0.3, -0.25) is 14.4 Å². The molecule has 1 aromatic carbocycles. The predicted octanol–water partition coefficient (Wildman–Crippen LogP) is 3.22. The van der Waals surface area contributed by atoms with Crippen LogP contribution in [0, 0.1) is 25.7 Å². The van der Waals surface area contributed by atoms with Gasteiger partial charge in [0.05, 0.1) is 39.8 Å². The van der Waals surface area contributed by atoms with Gasteiger partial charge in [0.2, 0.25) is 11.8 Å². The van der Waals surface area contributed by atoms with Gasteiger partial charge >= 0.3 is 5.97 Å². The number of nitrogens with zero attached hydrogens (tertiary/aromatic N) is 6. The molecule has 12 nitrogen and oxygen atoms in total. The summed E-state index contributed by atoms with van der Waals surface area (Å²) in [6, 6.07) is 6.28. The van der Waals surface area contributed by atoms with Crippen LogP contribution in [0.1, 0.15) is 68.6 Å². The first-order chi connectivity index (χ1) is 21.5. The summed E-state index contributed by atoms with van der Waals surface area (Å²) in [5, 5.41) is 31.4. The third kappa shape index (κ3) is 7.59. The molecule has 0 radical (unpaired) electrons. The number of aliphatic hydroxyl groups is 1. The quantitative estimate of drug-likeness (QED) is 0.288. The number of aryl methyl sites for hydroxylation is 2. The Labute approximate surface area is 267 Å². The van der Waals surface area contributed by atoms with Crippen LogP contribution in [0.25, 0.3) is 10.4 Å². The molecule has 4 heterocycles. The van der Waals surface area contributed by atoms with Crippen molar-refractivity contribution in [1.82, 2.24) is 35.1 Å². The summed E-state index contributed by atoms with van der Waals surface area (Å²) in [5.74, 6) is -1.75. The van der Waals surface area contributed by atoms with Gasteiger partial charge < -0.3 is 25.3 Å². The van der Waals surface area contributed by atoms with Gasteiger partial charge in [-0.1, -0.05) is 43.3 Å². The van der Waals surface area contributed by atoms with E-state index in [1.54, 1.807) is 29.1 Å². The van der Waals surface area contributed by atoms with Crippen molar-refractivity contribution in [3.8, 4) is 10.4 Å². The first-order valence-corrected chi connectivity index (χ1v) is 16.5. The SMILES string of the molecule is Cc1cn([C@H](C(=O)N2C[C@H](O)C[C@H]2C(=O)N[C@@H](CCN2CCC(C(=O)O)CC2)c2ccc(-c3scnc3C)cc2)C(C)C)nn1. The average molecular weight is 638 g/mol. The summed E-state index contributed by atoms with van der Waals surface area (Å²) in [6.07, 6.45) is 2.88. The zero-order chi connectivity index (χ0) is 32.2. The molecule has 0 bridgehead atoms. The number of β-amino-alcohol motifs (C(OH)–C–C–N with tert-alkyl or cyclic N) is 1. The Hall–Kier alpha value is -3.68. The number of aliphatic carboxylic acids is 1. The number of aromatic nitrogens is 4. The van der Waals surface area contributed by atoms with Gasteiger partial charge in [-0.2, -0.15) is 0 Å². The molecule has 0 unspecified atom stereocenters. The minimum Gasteiger partial charge on any atom is -0.481 e. The lowest BCUT2D eigenvalue weighted by atomic mass is 9.96. The van der Waals surface area contributed by atoms with Gasteiger partial charge in [-0.25, -0.2) is 9.67 Å². The lowest BCUT2D eigenvalue weighted by Gasteiger charge is -2.33. The van der Waals surface area contributed by atoms with Crippen LogP contribution in [-0.2, 0) is 14.4 Å². The van der Waals surface area contributed by atoms with E-state index < -0.39 is 24.2 Å². The van der Waals surface area contributed by atoms with E-state index in [2.05, 4.69) is 25.5 Å². The van der Waals surface area contributed by atoms with E-state index in [1.807, 2.05) is 50.5 Å². The molecule has 2 aromatic heterocycles. The molecule has 4 atom stereocenters. The zero-order valence-electron chi connectivity index (χ0n) is 26.3. The molecule has 13 heteroatoms. The van der Waals surface area contributed by atoms with Gasteiger partial charge in [0.25, 0.3) is 0 Å². The number of carboxylic acids is 1. The van der Waals surface area contributed by atoms with Crippen LogP contribution >= 0.6 is 11.3 Å². The summed E-state index contributed by atoms with van der Waals surface area (Å²) in [5.41, 5.74) is 5.47. The first kappa shape index (κ1) is 32.7. The topological polar surface area (TPSA) is 154 Å². The molecule has 45 heavy (non-hydrogen) atoms. The molecular weight excluding hydrogens is 594 g/mol. The Balaban J connectivity index is 1.34. The van der Waals surface area contributed by atoms with E-state index >= 15 is 0 Å². The fourth-order valence-electron chi connectivity index (χ4n) is 6.43. The van der Waals surface area contributed by atoms with Crippen LogP contribution in [-0.4, -0.2) is 96.1 Å². The number of hydrogen-bond acceptors (Lipinski definition) is 9. The lowest BCUT2D eigenvalue weighted by Crippen LogP contribution is -2.50. The number of benzene rings is 1. The van der Waals surface area contributed by atoms with Crippen LogP contribution in [0.3, 0.4) is 0 Å². The molecule has 2 fully saturated rings. The van der Waals surface area contributed by atoms with Crippen LogP contribution < -0.4 is 5.32 Å². The smallest absolute Gasteiger partial charge is 0.306 e. The van der Waals surface area contributed by atoms with Crippen molar-refractivity contribution >= 4 is 29.1 Å².